The van der Waals surface area contributed by atoms with Gasteiger partial charge >= 0.3 is 0 Å². The number of carbonyl (C=O) groups is 2. The maximum Gasteiger partial charge on any atom is 0.265 e. The van der Waals surface area contributed by atoms with Gasteiger partial charge in [0.15, 0.2) is 6.29 Å². The molecule has 0 radical (unpaired) electrons. The molecule has 1 saturated heterocycles. The minimum Gasteiger partial charge on any atom is -0.472 e. The van der Waals surface area contributed by atoms with Gasteiger partial charge in [0.1, 0.15) is 12.3 Å². The Bertz CT molecular complexity index is 440. The minimum atomic E-state index is -0.721. The standard InChI is InChI=1S/C13H18N2O5/c1-9(14-13(17)10-5-7-18-8-10)12(16)15-20-11-4-2-3-6-19-11/h5,7-9,11H,2-4,6H2,1H3,(H,14,17)(H,15,16). The van der Waals surface area contributed by atoms with Crippen molar-refractivity contribution in [1.29, 1.82) is 0 Å². The van der Waals surface area contributed by atoms with Crippen molar-refractivity contribution in [3.05, 3.63) is 24.2 Å². The number of furan rings is 1. The molecule has 1 aromatic heterocycles. The Hall–Kier alpha value is -1.86. The maximum absolute atomic E-state index is 11.8. The third kappa shape index (κ3) is 4.07. The van der Waals surface area contributed by atoms with Gasteiger partial charge in [0, 0.05) is 13.0 Å². The summed E-state index contributed by atoms with van der Waals surface area (Å²) in [4.78, 5) is 28.6. The molecule has 7 heteroatoms. The lowest BCUT2D eigenvalue weighted by molar-refractivity contribution is -0.201. The fourth-order valence-electron chi connectivity index (χ4n) is 1.76. The van der Waals surface area contributed by atoms with Crippen molar-refractivity contribution in [2.75, 3.05) is 6.61 Å². The molecule has 110 valence electrons. The predicted octanol–water partition coefficient (Wildman–Crippen LogP) is 0.972. The molecule has 1 aromatic rings. The first kappa shape index (κ1) is 14.5. The van der Waals surface area contributed by atoms with Crippen LogP contribution in [0.1, 0.15) is 36.5 Å². The second-order valence-electron chi connectivity index (χ2n) is 4.59. The number of hydrogen-bond acceptors (Lipinski definition) is 5. The van der Waals surface area contributed by atoms with Gasteiger partial charge in [-0.05, 0) is 25.8 Å². The first-order valence-electron chi connectivity index (χ1n) is 6.57. The average molecular weight is 282 g/mol. The Kier molecular flexibility index (Phi) is 5.14. The van der Waals surface area contributed by atoms with Crippen LogP contribution in [-0.4, -0.2) is 30.8 Å². The van der Waals surface area contributed by atoms with E-state index < -0.39 is 18.2 Å². The molecule has 0 bridgehead atoms. The number of nitrogens with one attached hydrogen (secondary N) is 2. The highest BCUT2D eigenvalue weighted by atomic mass is 16.8. The summed E-state index contributed by atoms with van der Waals surface area (Å²) in [5.41, 5.74) is 2.66. The van der Waals surface area contributed by atoms with Crippen LogP contribution < -0.4 is 10.8 Å². The van der Waals surface area contributed by atoms with Crippen LogP contribution in [0.3, 0.4) is 0 Å². The van der Waals surface area contributed by atoms with Crippen LogP contribution in [0.5, 0.6) is 0 Å². The zero-order valence-corrected chi connectivity index (χ0v) is 11.3. The van der Waals surface area contributed by atoms with Gasteiger partial charge in [-0.1, -0.05) is 0 Å². The smallest absolute Gasteiger partial charge is 0.265 e. The summed E-state index contributed by atoms with van der Waals surface area (Å²) in [6.07, 6.45) is 5.05. The van der Waals surface area contributed by atoms with E-state index in [4.69, 9.17) is 14.0 Å². The summed E-state index contributed by atoms with van der Waals surface area (Å²) in [5, 5.41) is 2.54. The summed E-state index contributed by atoms with van der Waals surface area (Å²) in [6.45, 7) is 2.20. The van der Waals surface area contributed by atoms with Crippen LogP contribution in [0.4, 0.5) is 0 Å². The molecule has 7 nitrogen and oxygen atoms in total. The van der Waals surface area contributed by atoms with E-state index in [1.807, 2.05) is 0 Å². The molecule has 2 atom stereocenters. The molecule has 0 spiro atoms. The number of rotatable bonds is 5. The van der Waals surface area contributed by atoms with Crippen molar-refractivity contribution in [3.8, 4) is 0 Å². The summed E-state index contributed by atoms with van der Waals surface area (Å²) >= 11 is 0. The molecule has 0 aliphatic carbocycles. The van der Waals surface area contributed by atoms with Gasteiger partial charge in [-0.25, -0.2) is 10.3 Å². The number of carbonyl (C=O) groups excluding carboxylic acids is 2. The topological polar surface area (TPSA) is 89.8 Å². The SMILES string of the molecule is CC(NC(=O)c1ccoc1)C(=O)NOC1CCCCO1. The predicted molar refractivity (Wildman–Crippen MR) is 68.5 cm³/mol. The number of hydroxylamine groups is 1. The highest BCUT2D eigenvalue weighted by molar-refractivity contribution is 5.96. The summed E-state index contributed by atoms with van der Waals surface area (Å²) in [7, 11) is 0. The zero-order valence-electron chi connectivity index (χ0n) is 11.3. The van der Waals surface area contributed by atoms with Gasteiger partial charge < -0.3 is 14.5 Å². The molecule has 1 fully saturated rings. The van der Waals surface area contributed by atoms with E-state index in [1.165, 1.54) is 18.6 Å². The zero-order chi connectivity index (χ0) is 14.4. The molecule has 1 aliphatic rings. The van der Waals surface area contributed by atoms with Crippen LogP contribution in [0.15, 0.2) is 23.0 Å². The van der Waals surface area contributed by atoms with Gasteiger partial charge in [-0.15, -0.1) is 0 Å². The monoisotopic (exact) mass is 282 g/mol. The molecule has 0 saturated carbocycles. The van der Waals surface area contributed by atoms with Crippen LogP contribution in [0.2, 0.25) is 0 Å². The Morgan fingerprint density at radius 3 is 2.95 bits per heavy atom. The molecule has 1 aliphatic heterocycles. The van der Waals surface area contributed by atoms with E-state index in [0.29, 0.717) is 12.2 Å². The lowest BCUT2D eigenvalue weighted by Gasteiger charge is -2.23. The van der Waals surface area contributed by atoms with Crippen molar-refractivity contribution in [3.63, 3.8) is 0 Å². The van der Waals surface area contributed by atoms with Gasteiger partial charge in [-0.2, -0.15) is 0 Å². The van der Waals surface area contributed by atoms with Gasteiger partial charge in [-0.3, -0.25) is 9.59 Å². The molecule has 2 N–H and O–H groups in total. The second kappa shape index (κ2) is 7.06. The lowest BCUT2D eigenvalue weighted by atomic mass is 10.2. The Morgan fingerprint density at radius 2 is 2.30 bits per heavy atom. The van der Waals surface area contributed by atoms with E-state index in [2.05, 4.69) is 10.8 Å². The molecule has 2 rings (SSSR count). The fourth-order valence-corrected chi connectivity index (χ4v) is 1.76. The highest BCUT2D eigenvalue weighted by Crippen LogP contribution is 2.12. The van der Waals surface area contributed by atoms with Crippen molar-refractivity contribution >= 4 is 11.8 Å². The fraction of sp³-hybridized carbons (Fsp3) is 0.538. The van der Waals surface area contributed by atoms with Crippen LogP contribution in [0, 0.1) is 0 Å². The van der Waals surface area contributed by atoms with E-state index in [0.717, 1.165) is 19.3 Å². The quantitative estimate of drug-likeness (QED) is 0.785. The van der Waals surface area contributed by atoms with Gasteiger partial charge in [0.25, 0.3) is 11.8 Å². The van der Waals surface area contributed by atoms with Crippen molar-refractivity contribution in [1.82, 2.24) is 10.8 Å². The Balaban J connectivity index is 1.72. The lowest BCUT2D eigenvalue weighted by Crippen LogP contribution is -2.46. The normalized spacial score (nSPS) is 20.1. The summed E-state index contributed by atoms with van der Waals surface area (Å²) < 4.78 is 10.1. The van der Waals surface area contributed by atoms with Crippen molar-refractivity contribution in [2.45, 2.75) is 38.5 Å². The summed E-state index contributed by atoms with van der Waals surface area (Å²) in [6, 6.07) is 0.799. The minimum absolute atomic E-state index is 0.362. The van der Waals surface area contributed by atoms with Crippen LogP contribution in [-0.2, 0) is 14.4 Å². The highest BCUT2D eigenvalue weighted by Gasteiger charge is 2.20. The van der Waals surface area contributed by atoms with Gasteiger partial charge in [0.05, 0.1) is 11.8 Å². The second-order valence-corrected chi connectivity index (χ2v) is 4.59. The van der Waals surface area contributed by atoms with E-state index in [9.17, 15) is 9.59 Å². The molecule has 2 amide bonds. The number of amides is 2. The molecular weight excluding hydrogens is 264 g/mol. The number of hydrogen-bond donors (Lipinski definition) is 2. The first-order valence-corrected chi connectivity index (χ1v) is 6.57. The molecular formula is C13H18N2O5. The average Bonchev–Trinajstić information content (AvgIpc) is 3.00. The van der Waals surface area contributed by atoms with Gasteiger partial charge in [0.2, 0.25) is 0 Å². The molecule has 20 heavy (non-hydrogen) atoms. The van der Waals surface area contributed by atoms with E-state index in [-0.39, 0.29) is 5.91 Å². The van der Waals surface area contributed by atoms with E-state index >= 15 is 0 Å². The molecule has 2 unspecified atom stereocenters. The Morgan fingerprint density at radius 1 is 1.45 bits per heavy atom. The largest absolute Gasteiger partial charge is 0.472 e. The third-order valence-electron chi connectivity index (χ3n) is 2.95. The third-order valence-corrected chi connectivity index (χ3v) is 2.95. The first-order chi connectivity index (χ1) is 9.66. The maximum atomic E-state index is 11.8. The Labute approximate surface area is 116 Å². The van der Waals surface area contributed by atoms with Crippen LogP contribution in [0.25, 0.3) is 0 Å². The number of ether oxygens (including phenoxy) is 1. The molecule has 0 aromatic carbocycles. The van der Waals surface area contributed by atoms with E-state index in [1.54, 1.807) is 6.92 Å². The van der Waals surface area contributed by atoms with Crippen molar-refractivity contribution < 1.29 is 23.6 Å². The molecule has 2 heterocycles. The summed E-state index contributed by atoms with van der Waals surface area (Å²) in [5.74, 6) is -0.814. The van der Waals surface area contributed by atoms with Crippen LogP contribution >= 0.6 is 0 Å². The van der Waals surface area contributed by atoms with Crippen molar-refractivity contribution in [2.24, 2.45) is 0 Å².